The summed E-state index contributed by atoms with van der Waals surface area (Å²) >= 11 is 1.26. The first-order valence-corrected chi connectivity index (χ1v) is 8.68. The number of benzene rings is 1. The van der Waals surface area contributed by atoms with Gasteiger partial charge >= 0.3 is 0 Å². The summed E-state index contributed by atoms with van der Waals surface area (Å²) in [6, 6.07) is 9.89. The summed E-state index contributed by atoms with van der Waals surface area (Å²) < 4.78 is 15.8. The van der Waals surface area contributed by atoms with Gasteiger partial charge in [0.05, 0.1) is 22.5 Å². The zero-order valence-electron chi connectivity index (χ0n) is 13.8. The van der Waals surface area contributed by atoms with Gasteiger partial charge in [-0.3, -0.25) is 14.7 Å². The number of halogens is 1. The highest BCUT2D eigenvalue weighted by Crippen LogP contribution is 2.31. The van der Waals surface area contributed by atoms with Gasteiger partial charge in [-0.1, -0.05) is 17.4 Å². The van der Waals surface area contributed by atoms with Crippen LogP contribution in [0.1, 0.15) is 16.3 Å². The van der Waals surface area contributed by atoms with E-state index in [1.165, 1.54) is 28.4 Å². The normalized spacial score (nSPS) is 11.0. The smallest absolute Gasteiger partial charge is 0.296 e. The molecule has 0 aliphatic rings. The monoisotopic (exact) mass is 367 g/mol. The number of thiazole rings is 1. The minimum atomic E-state index is -0.334. The van der Waals surface area contributed by atoms with Gasteiger partial charge in [-0.15, -0.1) is 0 Å². The van der Waals surface area contributed by atoms with Crippen LogP contribution in [0.3, 0.4) is 0 Å². The molecule has 4 rings (SSSR count). The third kappa shape index (κ3) is 3.06. The van der Waals surface area contributed by atoms with E-state index in [1.807, 2.05) is 18.2 Å². The van der Waals surface area contributed by atoms with Crippen molar-refractivity contribution in [2.45, 2.75) is 6.54 Å². The van der Waals surface area contributed by atoms with Gasteiger partial charge in [0.15, 0.2) is 11.0 Å². The lowest BCUT2D eigenvalue weighted by atomic mass is 10.3. The second-order valence-corrected chi connectivity index (χ2v) is 6.69. The minimum Gasteiger partial charge on any atom is -0.330 e. The molecule has 0 saturated carbocycles. The third-order valence-electron chi connectivity index (χ3n) is 3.87. The summed E-state index contributed by atoms with van der Waals surface area (Å²) in [6.45, 7) is 0.245. The van der Waals surface area contributed by atoms with Gasteiger partial charge in [0, 0.05) is 25.6 Å². The van der Waals surface area contributed by atoms with E-state index >= 15 is 0 Å². The first kappa shape index (κ1) is 16.3. The number of carbonyl (C=O) groups excluding carboxylic acids is 1. The van der Waals surface area contributed by atoms with E-state index in [0.717, 1.165) is 5.69 Å². The molecule has 0 N–H and O–H groups in total. The van der Waals surface area contributed by atoms with E-state index in [1.54, 1.807) is 36.3 Å². The Hall–Kier alpha value is -3.13. The summed E-state index contributed by atoms with van der Waals surface area (Å²) in [5.74, 6) is -0.326. The van der Waals surface area contributed by atoms with Gasteiger partial charge < -0.3 is 4.57 Å². The molecule has 0 atom stereocenters. The summed E-state index contributed by atoms with van der Waals surface area (Å²) in [5, 5.41) is 0.476. The fraction of sp³-hybridized carbons (Fsp3) is 0.111. The third-order valence-corrected chi connectivity index (χ3v) is 4.92. The van der Waals surface area contributed by atoms with Crippen molar-refractivity contribution < 1.29 is 9.18 Å². The molecule has 0 unspecified atom stereocenters. The van der Waals surface area contributed by atoms with E-state index in [2.05, 4.69) is 15.0 Å². The van der Waals surface area contributed by atoms with Crippen LogP contribution in [0.2, 0.25) is 0 Å². The molecule has 0 aliphatic carbocycles. The summed E-state index contributed by atoms with van der Waals surface area (Å²) in [5.41, 5.74) is 1.37. The quantitative estimate of drug-likeness (QED) is 0.554. The number of aryl methyl sites for hydroxylation is 1. The zero-order chi connectivity index (χ0) is 18.1. The van der Waals surface area contributed by atoms with Gasteiger partial charge in [0.25, 0.3) is 5.91 Å². The molecular weight excluding hydrogens is 353 g/mol. The van der Waals surface area contributed by atoms with Crippen LogP contribution in [0, 0.1) is 5.82 Å². The number of fused-ring (bicyclic) bond motifs is 1. The number of nitrogens with zero attached hydrogens (tertiary/aromatic N) is 5. The second kappa shape index (κ2) is 6.64. The minimum absolute atomic E-state index is 0.245. The van der Waals surface area contributed by atoms with E-state index < -0.39 is 0 Å². The Bertz CT molecular complexity index is 1080. The van der Waals surface area contributed by atoms with Gasteiger partial charge in [-0.2, -0.15) is 0 Å². The van der Waals surface area contributed by atoms with Crippen molar-refractivity contribution in [3.05, 3.63) is 72.3 Å². The fourth-order valence-electron chi connectivity index (χ4n) is 2.57. The highest BCUT2D eigenvalue weighted by atomic mass is 32.1. The SMILES string of the molecule is Cn1ccnc1C(=O)N(Cc1ccccn1)c1nc2ccc(F)cc2s1. The maximum atomic E-state index is 13.5. The maximum absolute atomic E-state index is 13.5. The Morgan fingerprint density at radius 1 is 1.23 bits per heavy atom. The van der Waals surface area contributed by atoms with Crippen LogP contribution in [0.25, 0.3) is 10.2 Å². The Balaban J connectivity index is 1.78. The van der Waals surface area contributed by atoms with Crippen molar-refractivity contribution in [3.8, 4) is 0 Å². The Morgan fingerprint density at radius 3 is 2.85 bits per heavy atom. The van der Waals surface area contributed by atoms with Crippen molar-refractivity contribution in [1.29, 1.82) is 0 Å². The van der Waals surface area contributed by atoms with Crippen molar-refractivity contribution >= 4 is 32.6 Å². The lowest BCUT2D eigenvalue weighted by Crippen LogP contribution is -2.32. The van der Waals surface area contributed by atoms with Crippen LogP contribution >= 0.6 is 11.3 Å². The molecule has 3 heterocycles. The number of hydrogen-bond acceptors (Lipinski definition) is 5. The van der Waals surface area contributed by atoms with Crippen LogP contribution in [0.15, 0.2) is 55.0 Å². The molecule has 0 saturated heterocycles. The summed E-state index contributed by atoms with van der Waals surface area (Å²) in [4.78, 5) is 27.5. The molecule has 8 heteroatoms. The molecule has 1 aromatic carbocycles. The number of pyridine rings is 1. The molecular formula is C18H14FN5OS. The van der Waals surface area contributed by atoms with Crippen molar-refractivity contribution in [2.75, 3.05) is 4.90 Å². The second-order valence-electron chi connectivity index (χ2n) is 5.68. The average molecular weight is 367 g/mol. The van der Waals surface area contributed by atoms with Crippen LogP contribution in [0.4, 0.5) is 9.52 Å². The number of amides is 1. The Labute approximate surface area is 152 Å². The van der Waals surface area contributed by atoms with Crippen LogP contribution in [-0.4, -0.2) is 25.4 Å². The van der Waals surface area contributed by atoms with Gasteiger partial charge in [-0.05, 0) is 30.3 Å². The molecule has 1 amide bonds. The molecule has 6 nitrogen and oxygen atoms in total. The lowest BCUT2D eigenvalue weighted by Gasteiger charge is -2.19. The molecule has 0 bridgehead atoms. The topological polar surface area (TPSA) is 63.9 Å². The van der Waals surface area contributed by atoms with E-state index in [0.29, 0.717) is 21.2 Å². The van der Waals surface area contributed by atoms with Gasteiger partial charge in [0.2, 0.25) is 0 Å². The largest absolute Gasteiger partial charge is 0.330 e. The number of imidazole rings is 1. The lowest BCUT2D eigenvalue weighted by molar-refractivity contribution is 0.0972. The molecule has 0 spiro atoms. The summed E-state index contributed by atoms with van der Waals surface area (Å²) in [7, 11) is 1.76. The van der Waals surface area contributed by atoms with E-state index in [-0.39, 0.29) is 18.3 Å². The number of carbonyl (C=O) groups is 1. The van der Waals surface area contributed by atoms with Crippen molar-refractivity contribution in [2.24, 2.45) is 7.05 Å². The standard InChI is InChI=1S/C18H14FN5OS/c1-23-9-8-21-16(23)17(25)24(11-13-4-2-3-7-20-13)18-22-14-6-5-12(19)10-15(14)26-18/h2-10H,11H2,1H3. The van der Waals surface area contributed by atoms with Gasteiger partial charge in [0.1, 0.15) is 5.82 Å². The molecule has 130 valence electrons. The molecule has 0 aliphatic heterocycles. The molecule has 3 aromatic heterocycles. The predicted octanol–water partition coefficient (Wildman–Crippen LogP) is 3.41. The number of anilines is 1. The van der Waals surface area contributed by atoms with Crippen molar-refractivity contribution in [1.82, 2.24) is 19.5 Å². The first-order chi connectivity index (χ1) is 12.6. The molecule has 4 aromatic rings. The zero-order valence-corrected chi connectivity index (χ0v) is 14.7. The average Bonchev–Trinajstić information content (AvgIpc) is 3.25. The van der Waals surface area contributed by atoms with Crippen LogP contribution < -0.4 is 4.90 Å². The van der Waals surface area contributed by atoms with Crippen molar-refractivity contribution in [3.63, 3.8) is 0 Å². The van der Waals surface area contributed by atoms with E-state index in [4.69, 9.17) is 0 Å². The maximum Gasteiger partial charge on any atom is 0.296 e. The predicted molar refractivity (Wildman–Crippen MR) is 97.5 cm³/mol. The molecule has 0 radical (unpaired) electrons. The number of hydrogen-bond donors (Lipinski definition) is 0. The highest BCUT2D eigenvalue weighted by molar-refractivity contribution is 7.22. The Morgan fingerprint density at radius 2 is 2.12 bits per heavy atom. The summed E-state index contributed by atoms with van der Waals surface area (Å²) in [6.07, 6.45) is 4.95. The van der Waals surface area contributed by atoms with Gasteiger partial charge in [-0.25, -0.2) is 14.4 Å². The fourth-order valence-corrected chi connectivity index (χ4v) is 3.56. The molecule has 0 fully saturated rings. The van der Waals surface area contributed by atoms with E-state index in [9.17, 15) is 9.18 Å². The highest BCUT2D eigenvalue weighted by Gasteiger charge is 2.25. The molecule has 26 heavy (non-hydrogen) atoms. The Kier molecular flexibility index (Phi) is 4.18. The van der Waals surface area contributed by atoms with Crippen LogP contribution in [-0.2, 0) is 13.6 Å². The first-order valence-electron chi connectivity index (χ1n) is 7.87. The number of aromatic nitrogens is 4. The van der Waals surface area contributed by atoms with Crippen LogP contribution in [0.5, 0.6) is 0 Å². The number of rotatable bonds is 4.